The van der Waals surface area contributed by atoms with Crippen molar-refractivity contribution < 1.29 is 0 Å². The average molecular weight is 369 g/mol. The van der Waals surface area contributed by atoms with Crippen molar-refractivity contribution in [1.82, 2.24) is 15.2 Å². The lowest BCUT2D eigenvalue weighted by atomic mass is 9.68. The molecule has 0 bridgehead atoms. The molecule has 2 aromatic rings. The van der Waals surface area contributed by atoms with E-state index in [-0.39, 0.29) is 0 Å². The van der Waals surface area contributed by atoms with Gasteiger partial charge in [-0.2, -0.15) is 0 Å². The van der Waals surface area contributed by atoms with Crippen LogP contribution in [0.15, 0.2) is 40.7 Å². The molecular formula is C21H28N4S. The van der Waals surface area contributed by atoms with Crippen molar-refractivity contribution in [2.24, 2.45) is 10.4 Å². The van der Waals surface area contributed by atoms with Crippen molar-refractivity contribution in [1.29, 1.82) is 0 Å². The van der Waals surface area contributed by atoms with Gasteiger partial charge in [-0.3, -0.25) is 4.99 Å². The summed E-state index contributed by atoms with van der Waals surface area (Å²) in [6.07, 6.45) is 6.46. The molecule has 0 radical (unpaired) electrons. The van der Waals surface area contributed by atoms with Gasteiger partial charge in [0, 0.05) is 43.5 Å². The molecule has 0 unspecified atom stereocenters. The first-order valence-electron chi connectivity index (χ1n) is 9.81. The van der Waals surface area contributed by atoms with E-state index in [9.17, 15) is 0 Å². The zero-order chi connectivity index (χ0) is 17.8. The van der Waals surface area contributed by atoms with Gasteiger partial charge in [-0.05, 0) is 31.6 Å². The predicted octanol–water partition coefficient (Wildman–Crippen LogP) is 4.19. The van der Waals surface area contributed by atoms with Crippen LogP contribution in [0.25, 0.3) is 10.6 Å². The maximum Gasteiger partial charge on any atom is 0.193 e. The molecule has 4 rings (SSSR count). The number of benzene rings is 1. The summed E-state index contributed by atoms with van der Waals surface area (Å²) in [5.74, 6) is 1.09. The summed E-state index contributed by atoms with van der Waals surface area (Å²) in [5, 5.41) is 6.76. The van der Waals surface area contributed by atoms with Crippen molar-refractivity contribution in [3.05, 3.63) is 41.4 Å². The van der Waals surface area contributed by atoms with Crippen molar-refractivity contribution in [2.75, 3.05) is 26.2 Å². The minimum Gasteiger partial charge on any atom is -0.357 e. The molecule has 1 aliphatic heterocycles. The van der Waals surface area contributed by atoms with Crippen molar-refractivity contribution in [3.63, 3.8) is 0 Å². The predicted molar refractivity (Wildman–Crippen MR) is 110 cm³/mol. The summed E-state index contributed by atoms with van der Waals surface area (Å²) < 4.78 is 0. The minimum atomic E-state index is 0.607. The number of nitrogens with zero attached hydrogens (tertiary/aromatic N) is 3. The highest BCUT2D eigenvalue weighted by Gasteiger charge is 2.43. The fraction of sp³-hybridized carbons (Fsp3) is 0.524. The highest BCUT2D eigenvalue weighted by molar-refractivity contribution is 7.13. The topological polar surface area (TPSA) is 40.5 Å². The van der Waals surface area contributed by atoms with E-state index in [0.717, 1.165) is 42.7 Å². The second kappa shape index (κ2) is 7.78. The van der Waals surface area contributed by atoms with Gasteiger partial charge in [0.05, 0.1) is 5.69 Å². The Hall–Kier alpha value is -1.88. The van der Waals surface area contributed by atoms with Crippen LogP contribution in [0.4, 0.5) is 0 Å². The SMILES string of the molecule is CCNC(=NCCc1csc(-c2ccccc2)n1)N1CCC2(CCC2)C1. The normalized spacial score (nSPS) is 19.0. The van der Waals surface area contributed by atoms with Crippen LogP contribution in [0.3, 0.4) is 0 Å². The zero-order valence-electron chi connectivity index (χ0n) is 15.6. The largest absolute Gasteiger partial charge is 0.357 e. The molecule has 1 saturated carbocycles. The molecule has 1 spiro atoms. The Morgan fingerprint density at radius 1 is 1.27 bits per heavy atom. The molecule has 1 aromatic carbocycles. The van der Waals surface area contributed by atoms with Crippen LogP contribution < -0.4 is 5.32 Å². The molecule has 0 amide bonds. The quantitative estimate of drug-likeness (QED) is 0.635. The molecule has 138 valence electrons. The summed E-state index contributed by atoms with van der Waals surface area (Å²) in [5.41, 5.74) is 2.95. The third-order valence-electron chi connectivity index (χ3n) is 5.69. The van der Waals surface area contributed by atoms with Gasteiger partial charge in [-0.1, -0.05) is 36.8 Å². The average Bonchev–Trinajstić information content (AvgIpc) is 3.29. The van der Waals surface area contributed by atoms with Crippen molar-refractivity contribution in [3.8, 4) is 10.6 Å². The molecule has 4 nitrogen and oxygen atoms in total. The van der Waals surface area contributed by atoms with E-state index < -0.39 is 0 Å². The van der Waals surface area contributed by atoms with Gasteiger partial charge in [0.2, 0.25) is 0 Å². The van der Waals surface area contributed by atoms with E-state index in [1.807, 2.05) is 6.07 Å². The summed E-state index contributed by atoms with van der Waals surface area (Å²) >= 11 is 1.72. The maximum absolute atomic E-state index is 4.89. The molecule has 5 heteroatoms. The van der Waals surface area contributed by atoms with Crippen LogP contribution >= 0.6 is 11.3 Å². The molecule has 2 heterocycles. The second-order valence-corrected chi connectivity index (χ2v) is 8.38. The van der Waals surface area contributed by atoms with Gasteiger partial charge in [0.15, 0.2) is 5.96 Å². The lowest BCUT2D eigenvalue weighted by Crippen LogP contribution is -2.42. The van der Waals surface area contributed by atoms with Crippen LogP contribution in [-0.4, -0.2) is 42.0 Å². The van der Waals surface area contributed by atoms with Gasteiger partial charge in [-0.15, -0.1) is 11.3 Å². The van der Waals surface area contributed by atoms with Crippen LogP contribution in [-0.2, 0) is 6.42 Å². The van der Waals surface area contributed by atoms with Crippen LogP contribution in [0.5, 0.6) is 0 Å². The van der Waals surface area contributed by atoms with E-state index in [4.69, 9.17) is 9.98 Å². The Kier molecular flexibility index (Phi) is 5.25. The summed E-state index contributed by atoms with van der Waals surface area (Å²) in [7, 11) is 0. The van der Waals surface area contributed by atoms with Gasteiger partial charge in [-0.25, -0.2) is 4.98 Å². The molecule has 2 aliphatic rings. The smallest absolute Gasteiger partial charge is 0.193 e. The number of aliphatic imine (C=N–C) groups is 1. The van der Waals surface area contributed by atoms with Crippen LogP contribution in [0, 0.1) is 5.41 Å². The van der Waals surface area contributed by atoms with Crippen molar-refractivity contribution in [2.45, 2.75) is 39.0 Å². The van der Waals surface area contributed by atoms with Crippen LogP contribution in [0.1, 0.15) is 38.3 Å². The summed E-state index contributed by atoms with van der Waals surface area (Å²) in [6.45, 7) is 6.21. The van der Waals surface area contributed by atoms with Crippen molar-refractivity contribution >= 4 is 17.3 Å². The molecule has 1 saturated heterocycles. The molecule has 1 aromatic heterocycles. The summed E-state index contributed by atoms with van der Waals surface area (Å²) in [4.78, 5) is 12.1. The Bertz CT molecular complexity index is 748. The van der Waals surface area contributed by atoms with Crippen LogP contribution in [0.2, 0.25) is 0 Å². The van der Waals surface area contributed by atoms with E-state index in [1.54, 1.807) is 11.3 Å². The standard InChI is InChI=1S/C21H28N4S/c1-2-22-20(25-14-12-21(16-25)10-6-11-21)23-13-9-18-15-26-19(24-18)17-7-4-3-5-8-17/h3-5,7-8,15H,2,6,9-14,16H2,1H3,(H,22,23). The number of guanidine groups is 1. The highest BCUT2D eigenvalue weighted by atomic mass is 32.1. The Morgan fingerprint density at radius 3 is 2.81 bits per heavy atom. The number of hydrogen-bond acceptors (Lipinski definition) is 3. The number of nitrogens with one attached hydrogen (secondary N) is 1. The fourth-order valence-corrected chi connectivity index (χ4v) is 4.90. The summed E-state index contributed by atoms with van der Waals surface area (Å²) in [6, 6.07) is 10.4. The van der Waals surface area contributed by atoms with Gasteiger partial charge in [0.25, 0.3) is 0 Å². The van der Waals surface area contributed by atoms with E-state index in [0.29, 0.717) is 5.41 Å². The zero-order valence-corrected chi connectivity index (χ0v) is 16.4. The van der Waals surface area contributed by atoms with Gasteiger partial charge < -0.3 is 10.2 Å². The van der Waals surface area contributed by atoms with E-state index in [1.165, 1.54) is 37.8 Å². The number of rotatable bonds is 5. The molecule has 0 atom stereocenters. The second-order valence-electron chi connectivity index (χ2n) is 7.52. The number of likely N-dealkylation sites (tertiary alicyclic amines) is 1. The maximum atomic E-state index is 4.89. The third kappa shape index (κ3) is 3.78. The first kappa shape index (κ1) is 17.5. The Labute approximate surface area is 160 Å². The lowest BCUT2D eigenvalue weighted by Gasteiger charge is -2.38. The lowest BCUT2D eigenvalue weighted by molar-refractivity contribution is 0.151. The van der Waals surface area contributed by atoms with Gasteiger partial charge in [0.1, 0.15) is 5.01 Å². The number of hydrogen-bond donors (Lipinski definition) is 1. The molecule has 1 N–H and O–H groups in total. The fourth-order valence-electron chi connectivity index (χ4n) is 4.04. The van der Waals surface area contributed by atoms with E-state index >= 15 is 0 Å². The monoisotopic (exact) mass is 368 g/mol. The first-order chi connectivity index (χ1) is 12.8. The molecule has 26 heavy (non-hydrogen) atoms. The Balaban J connectivity index is 1.36. The first-order valence-corrected chi connectivity index (χ1v) is 10.7. The van der Waals surface area contributed by atoms with E-state index in [2.05, 4.69) is 46.8 Å². The third-order valence-corrected chi connectivity index (χ3v) is 6.63. The molecular weight excluding hydrogens is 340 g/mol. The number of thiazole rings is 1. The minimum absolute atomic E-state index is 0.607. The molecule has 2 fully saturated rings. The highest BCUT2D eigenvalue weighted by Crippen LogP contribution is 2.47. The Morgan fingerprint density at radius 2 is 2.12 bits per heavy atom. The number of aromatic nitrogens is 1. The molecule has 1 aliphatic carbocycles. The van der Waals surface area contributed by atoms with Gasteiger partial charge >= 0.3 is 0 Å².